The predicted molar refractivity (Wildman–Crippen MR) is 294 cm³/mol. The van der Waals surface area contributed by atoms with Gasteiger partial charge in [-0.2, -0.15) is 0 Å². The smallest absolute Gasteiger partial charge is 0.306 e. The minimum Gasteiger partial charge on any atom is -0.462 e. The SMILES string of the molecule is CCCCCCCCCCCCCCCCCCCCCCCCCCCCCCC(=O)OCC(COC(=O)CCCCCCC)OC(=O)CCCCCCCCCCCCCCCCCCC. The van der Waals surface area contributed by atoms with Crippen LogP contribution in [0, 0.1) is 0 Å². The summed E-state index contributed by atoms with van der Waals surface area (Å²) in [7, 11) is 0. The van der Waals surface area contributed by atoms with Crippen LogP contribution in [0.5, 0.6) is 0 Å². The number of hydrogen-bond donors (Lipinski definition) is 0. The highest BCUT2D eigenvalue weighted by Gasteiger charge is 2.19. The zero-order chi connectivity index (χ0) is 49.3. The summed E-state index contributed by atoms with van der Waals surface area (Å²) in [5.74, 6) is -0.849. The molecule has 0 fully saturated rings. The van der Waals surface area contributed by atoms with Gasteiger partial charge in [-0.25, -0.2) is 0 Å². The van der Waals surface area contributed by atoms with Crippen molar-refractivity contribution in [3.05, 3.63) is 0 Å². The number of carbonyl (C=O) groups excluding carboxylic acids is 3. The van der Waals surface area contributed by atoms with Gasteiger partial charge in [0.25, 0.3) is 0 Å². The molecule has 1 atom stereocenters. The summed E-state index contributed by atoms with van der Waals surface area (Å²) in [6.07, 6.45) is 66.0. The highest BCUT2D eigenvalue weighted by Crippen LogP contribution is 2.18. The molecule has 0 rings (SSSR count). The van der Waals surface area contributed by atoms with Crippen LogP contribution >= 0.6 is 0 Å². The van der Waals surface area contributed by atoms with Crippen molar-refractivity contribution in [1.29, 1.82) is 0 Å². The molecule has 0 aromatic rings. The first-order valence-electron chi connectivity index (χ1n) is 31.0. The Morgan fingerprint density at radius 2 is 0.397 bits per heavy atom. The fourth-order valence-corrected chi connectivity index (χ4v) is 9.68. The molecule has 0 bridgehead atoms. The van der Waals surface area contributed by atoms with Gasteiger partial charge < -0.3 is 14.2 Å². The molecule has 0 aromatic heterocycles. The third-order valence-corrected chi connectivity index (χ3v) is 14.4. The van der Waals surface area contributed by atoms with Crippen LogP contribution in [0.4, 0.5) is 0 Å². The Hall–Kier alpha value is -1.59. The van der Waals surface area contributed by atoms with Crippen molar-refractivity contribution in [2.75, 3.05) is 13.2 Å². The number of esters is 3. The molecule has 1 unspecified atom stereocenters. The lowest BCUT2D eigenvalue weighted by atomic mass is 10.0. The summed E-state index contributed by atoms with van der Waals surface area (Å²) in [6.45, 7) is 6.63. The van der Waals surface area contributed by atoms with E-state index in [9.17, 15) is 14.4 Å². The summed E-state index contributed by atoms with van der Waals surface area (Å²) < 4.78 is 16.8. The van der Waals surface area contributed by atoms with E-state index in [0.717, 1.165) is 64.2 Å². The summed E-state index contributed by atoms with van der Waals surface area (Å²) in [5, 5.41) is 0. The fraction of sp³-hybridized carbons (Fsp3) is 0.952. The molecule has 0 aromatic carbocycles. The quantitative estimate of drug-likeness (QED) is 0.0343. The third kappa shape index (κ3) is 55.3. The highest BCUT2D eigenvalue weighted by atomic mass is 16.6. The monoisotopic (exact) mass is 961 g/mol. The van der Waals surface area contributed by atoms with Crippen LogP contribution in [0.3, 0.4) is 0 Å². The molecule has 68 heavy (non-hydrogen) atoms. The Bertz CT molecular complexity index is 1010. The van der Waals surface area contributed by atoms with Crippen LogP contribution in [0.1, 0.15) is 361 Å². The second-order valence-electron chi connectivity index (χ2n) is 21.3. The number of unbranched alkanes of at least 4 members (excludes halogenated alkanes) is 47. The lowest BCUT2D eigenvalue weighted by Gasteiger charge is -2.18. The van der Waals surface area contributed by atoms with Gasteiger partial charge in [0.05, 0.1) is 0 Å². The van der Waals surface area contributed by atoms with Gasteiger partial charge in [-0.3, -0.25) is 14.4 Å². The van der Waals surface area contributed by atoms with Gasteiger partial charge in [-0.1, -0.05) is 323 Å². The van der Waals surface area contributed by atoms with E-state index in [2.05, 4.69) is 20.8 Å². The maximum Gasteiger partial charge on any atom is 0.306 e. The predicted octanol–water partition coefficient (Wildman–Crippen LogP) is 20.7. The van der Waals surface area contributed by atoms with E-state index < -0.39 is 6.10 Å². The highest BCUT2D eigenvalue weighted by molar-refractivity contribution is 5.71. The molecule has 0 aliphatic rings. The van der Waals surface area contributed by atoms with Gasteiger partial charge in [0.1, 0.15) is 13.2 Å². The zero-order valence-electron chi connectivity index (χ0n) is 46.4. The van der Waals surface area contributed by atoms with E-state index in [-0.39, 0.29) is 31.1 Å². The molecule has 404 valence electrons. The van der Waals surface area contributed by atoms with Gasteiger partial charge in [-0.15, -0.1) is 0 Å². The van der Waals surface area contributed by atoms with E-state index in [1.807, 2.05) is 0 Å². The van der Waals surface area contributed by atoms with Crippen molar-refractivity contribution in [3.63, 3.8) is 0 Å². The Balaban J connectivity index is 3.92. The topological polar surface area (TPSA) is 78.9 Å². The van der Waals surface area contributed by atoms with Crippen molar-refractivity contribution in [1.82, 2.24) is 0 Å². The summed E-state index contributed by atoms with van der Waals surface area (Å²) in [4.78, 5) is 37.8. The van der Waals surface area contributed by atoms with Crippen molar-refractivity contribution < 1.29 is 28.6 Å². The van der Waals surface area contributed by atoms with Gasteiger partial charge in [0.2, 0.25) is 0 Å². The molecule has 0 N–H and O–H groups in total. The molecule has 0 aliphatic heterocycles. The first-order valence-corrected chi connectivity index (χ1v) is 31.0. The van der Waals surface area contributed by atoms with Crippen molar-refractivity contribution in [2.24, 2.45) is 0 Å². The van der Waals surface area contributed by atoms with E-state index in [1.54, 1.807) is 0 Å². The maximum absolute atomic E-state index is 12.8. The number of ether oxygens (including phenoxy) is 3. The molecule has 0 saturated heterocycles. The number of rotatable bonds is 58. The van der Waals surface area contributed by atoms with Gasteiger partial charge in [0, 0.05) is 19.3 Å². The van der Waals surface area contributed by atoms with Gasteiger partial charge in [-0.05, 0) is 19.3 Å². The van der Waals surface area contributed by atoms with Crippen LogP contribution < -0.4 is 0 Å². The summed E-state index contributed by atoms with van der Waals surface area (Å²) in [5.41, 5.74) is 0. The minimum atomic E-state index is -0.759. The third-order valence-electron chi connectivity index (χ3n) is 14.4. The number of carbonyl (C=O) groups is 3. The minimum absolute atomic E-state index is 0.0626. The standard InChI is InChI=1S/C62H120O6/c1-4-7-10-13-15-17-19-21-23-25-26-27-28-29-30-31-32-33-34-35-37-38-40-42-44-46-49-52-55-61(64)67-58-59(57-66-60(63)54-51-48-12-9-6-3)68-62(65)56-53-50-47-45-43-41-39-36-24-22-20-18-16-14-11-8-5-2/h59H,4-58H2,1-3H3. The lowest BCUT2D eigenvalue weighted by Crippen LogP contribution is -2.30. The first-order chi connectivity index (χ1) is 33.5. The normalized spacial score (nSPS) is 11.9. The Labute approximate surface area is 425 Å². The molecule has 6 heteroatoms. The van der Waals surface area contributed by atoms with Crippen LogP contribution in [0.2, 0.25) is 0 Å². The van der Waals surface area contributed by atoms with Crippen LogP contribution in [0.25, 0.3) is 0 Å². The summed E-state index contributed by atoms with van der Waals surface area (Å²) >= 11 is 0. The fourth-order valence-electron chi connectivity index (χ4n) is 9.68. The van der Waals surface area contributed by atoms with Gasteiger partial charge in [0.15, 0.2) is 6.10 Å². The van der Waals surface area contributed by atoms with Gasteiger partial charge >= 0.3 is 17.9 Å². The van der Waals surface area contributed by atoms with E-state index >= 15 is 0 Å². The average Bonchev–Trinajstić information content (AvgIpc) is 3.34. The average molecular weight is 962 g/mol. The molecule has 0 aliphatic carbocycles. The zero-order valence-corrected chi connectivity index (χ0v) is 46.4. The van der Waals surface area contributed by atoms with Crippen LogP contribution in [0.15, 0.2) is 0 Å². The maximum atomic E-state index is 12.8. The molecular formula is C62H120O6. The largest absolute Gasteiger partial charge is 0.462 e. The summed E-state index contributed by atoms with van der Waals surface area (Å²) in [6, 6.07) is 0. The molecule has 0 spiro atoms. The number of hydrogen-bond acceptors (Lipinski definition) is 6. The molecular weight excluding hydrogens is 841 g/mol. The van der Waals surface area contributed by atoms with E-state index in [4.69, 9.17) is 14.2 Å². The second-order valence-corrected chi connectivity index (χ2v) is 21.3. The molecule has 0 heterocycles. The molecule has 6 nitrogen and oxygen atoms in total. The molecule has 0 saturated carbocycles. The second kappa shape index (κ2) is 58.0. The molecule has 0 radical (unpaired) electrons. The van der Waals surface area contributed by atoms with Crippen molar-refractivity contribution in [3.8, 4) is 0 Å². The van der Waals surface area contributed by atoms with Crippen LogP contribution in [-0.4, -0.2) is 37.2 Å². The Morgan fingerprint density at radius 1 is 0.235 bits per heavy atom. The van der Waals surface area contributed by atoms with Crippen molar-refractivity contribution in [2.45, 2.75) is 367 Å². The lowest BCUT2D eigenvalue weighted by molar-refractivity contribution is -0.167. The van der Waals surface area contributed by atoms with E-state index in [1.165, 1.54) is 257 Å². The van der Waals surface area contributed by atoms with Crippen LogP contribution in [-0.2, 0) is 28.6 Å². The Kier molecular flexibility index (Phi) is 56.6. The Morgan fingerprint density at radius 3 is 0.588 bits per heavy atom. The van der Waals surface area contributed by atoms with E-state index in [0.29, 0.717) is 19.3 Å². The van der Waals surface area contributed by atoms with Crippen molar-refractivity contribution >= 4 is 17.9 Å². The molecule has 0 amide bonds. The first kappa shape index (κ1) is 66.4.